The molecule has 1 amide bonds. The van der Waals surface area contributed by atoms with Crippen LogP contribution in [0.2, 0.25) is 0 Å². The maximum Gasteiger partial charge on any atom is 0.332 e. The molecule has 14 heteroatoms. The van der Waals surface area contributed by atoms with Crippen LogP contribution in [0.15, 0.2) is 99.5 Å². The van der Waals surface area contributed by atoms with Crippen LogP contribution in [0.1, 0.15) is 70.8 Å². The molecule has 0 N–H and O–H groups in total. The molecule has 2 atom stereocenters. The Labute approximate surface area is 359 Å². The van der Waals surface area contributed by atoms with Gasteiger partial charge in [-0.1, -0.05) is 48.5 Å². The summed E-state index contributed by atoms with van der Waals surface area (Å²) in [6.07, 6.45) is 1.69. The normalized spacial score (nSPS) is 17.7. The number of aromatic nitrogens is 2. The van der Waals surface area contributed by atoms with Gasteiger partial charge < -0.3 is 19.1 Å². The Bertz CT molecular complexity index is 2800. The largest absolute Gasteiger partial charge is 0.494 e. The monoisotopic (exact) mass is 862 g/mol. The number of halogens is 2. The molecule has 10 nitrogen and oxygen atoms in total. The first-order valence-electron chi connectivity index (χ1n) is 20.4. The molecule has 61 heavy (non-hydrogen) atoms. The van der Waals surface area contributed by atoms with E-state index in [1.54, 1.807) is 18.1 Å². The highest BCUT2D eigenvalue weighted by Gasteiger charge is 2.35. The number of benzene rings is 4. The van der Waals surface area contributed by atoms with Crippen molar-refractivity contribution in [3.05, 3.63) is 145 Å². The van der Waals surface area contributed by atoms with Gasteiger partial charge in [0.05, 0.1) is 44.6 Å². The summed E-state index contributed by atoms with van der Waals surface area (Å²) in [7, 11) is 2.89. The number of rotatable bonds is 10. The van der Waals surface area contributed by atoms with Crippen molar-refractivity contribution in [2.45, 2.75) is 50.7 Å². The Morgan fingerprint density at radius 2 is 1.61 bits per heavy atom. The minimum atomic E-state index is -1.15. The molecule has 0 aliphatic carbocycles. The molecule has 0 saturated carbocycles. The Morgan fingerprint density at radius 1 is 0.852 bits per heavy atom. The second-order valence-corrected chi connectivity index (χ2v) is 17.6. The molecule has 6 aromatic rings. The minimum Gasteiger partial charge on any atom is -0.494 e. The average Bonchev–Trinajstić information content (AvgIpc) is 3.75. The van der Waals surface area contributed by atoms with Crippen LogP contribution < -0.4 is 25.5 Å². The predicted octanol–water partition coefficient (Wildman–Crippen LogP) is 8.55. The molecule has 0 radical (unpaired) electrons. The van der Waals surface area contributed by atoms with E-state index in [4.69, 9.17) is 19.2 Å². The Hall–Kier alpha value is -5.73. The van der Waals surface area contributed by atoms with E-state index in [1.165, 1.54) is 45.3 Å². The number of thioether (sulfide) groups is 1. The Balaban J connectivity index is 0.981. The molecule has 2 fully saturated rings. The third kappa shape index (κ3) is 7.43. The van der Waals surface area contributed by atoms with Gasteiger partial charge in [-0.3, -0.25) is 23.7 Å². The van der Waals surface area contributed by atoms with Gasteiger partial charge in [-0.25, -0.2) is 9.18 Å². The van der Waals surface area contributed by atoms with Gasteiger partial charge in [0.15, 0.2) is 23.1 Å². The Kier molecular flexibility index (Phi) is 11.3. The molecule has 3 aliphatic heterocycles. The standard InChI is InChI=1S/C47H44F2N4O6S2/c1-4-59-39-22-32-33(23-38(39)58-3)43(50-35-18-21-60-26-34(32)35)28-10-12-29(13-11-28)45(54)51-19-16-31(17-20-51)53-46(55)44-36(24-40(61-44)27-8-6-5-7-9-27)52(47(53)56)25-30-14-15-37(57-2)42(49)41(30)48/h5-15,22-24,31,34-35H,4,16-21,25-26H2,1-3H3/t34-,35-/m1/s1. The topological polar surface area (TPSA) is 104 Å². The number of fused-ring (bicyclic) bond motifs is 4. The van der Waals surface area contributed by atoms with Gasteiger partial charge >= 0.3 is 5.69 Å². The van der Waals surface area contributed by atoms with E-state index in [1.807, 2.05) is 79.3 Å². The van der Waals surface area contributed by atoms with Crippen molar-refractivity contribution in [1.29, 1.82) is 0 Å². The summed E-state index contributed by atoms with van der Waals surface area (Å²) >= 11 is 3.20. The number of amides is 1. The fourth-order valence-electron chi connectivity index (χ4n) is 8.85. The number of thiophene rings is 1. The summed E-state index contributed by atoms with van der Waals surface area (Å²) in [5, 5.41) is 0. The van der Waals surface area contributed by atoms with Crippen molar-refractivity contribution >= 4 is 44.9 Å². The highest BCUT2D eigenvalue weighted by molar-refractivity contribution is 7.99. The zero-order valence-electron chi connectivity index (χ0n) is 34.0. The minimum absolute atomic E-state index is 0.0571. The summed E-state index contributed by atoms with van der Waals surface area (Å²) in [6, 6.07) is 25.3. The Morgan fingerprint density at radius 3 is 2.33 bits per heavy atom. The molecule has 0 spiro atoms. The lowest BCUT2D eigenvalue weighted by atomic mass is 9.81. The van der Waals surface area contributed by atoms with Crippen LogP contribution in [0, 0.1) is 11.6 Å². The van der Waals surface area contributed by atoms with Crippen LogP contribution >= 0.6 is 23.1 Å². The molecule has 0 bridgehead atoms. The number of carbonyl (C=O) groups is 1. The van der Waals surface area contributed by atoms with Gasteiger partial charge in [0.2, 0.25) is 5.82 Å². The first-order valence-corrected chi connectivity index (χ1v) is 22.4. The number of carbonyl (C=O) groups excluding carboxylic acids is 1. The highest BCUT2D eigenvalue weighted by atomic mass is 32.2. The van der Waals surface area contributed by atoms with Gasteiger partial charge in [-0.05, 0) is 79.5 Å². The number of nitrogens with zero attached hydrogens (tertiary/aromatic N) is 4. The number of hydrogen-bond donors (Lipinski definition) is 0. The summed E-state index contributed by atoms with van der Waals surface area (Å²) in [5.74, 6) is 1.04. The van der Waals surface area contributed by atoms with E-state index in [2.05, 4.69) is 6.07 Å². The first-order chi connectivity index (χ1) is 29.7. The van der Waals surface area contributed by atoms with E-state index in [9.17, 15) is 18.8 Å². The first kappa shape index (κ1) is 40.7. The number of methoxy groups -OCH3 is 2. The molecular weight excluding hydrogens is 819 g/mol. The lowest BCUT2D eigenvalue weighted by Gasteiger charge is -2.35. The molecule has 2 saturated heterocycles. The summed E-state index contributed by atoms with van der Waals surface area (Å²) in [4.78, 5) is 50.4. The van der Waals surface area contributed by atoms with Crippen LogP contribution in [0.25, 0.3) is 20.7 Å². The SMILES string of the molecule is CCOc1cc2c(cc1OC)C(c1ccc(C(=O)N3CCC(n4c(=O)c5sc(-c6ccccc6)cc5n(Cc5ccc(OC)c(F)c5F)c4=O)CC3)cc1)=N[C@@H]1CCSC[C@H]21. The number of piperidine rings is 1. The number of hydrogen-bond acceptors (Lipinski definition) is 9. The van der Waals surface area contributed by atoms with Crippen LogP contribution in [-0.4, -0.2) is 77.1 Å². The fourth-order valence-corrected chi connectivity index (χ4v) is 11.2. The fraction of sp³-hybridized carbons (Fsp3) is 0.319. The van der Waals surface area contributed by atoms with Crippen molar-refractivity contribution < 1.29 is 27.8 Å². The quantitative estimate of drug-likeness (QED) is 0.136. The lowest BCUT2D eigenvalue weighted by Crippen LogP contribution is -2.46. The van der Waals surface area contributed by atoms with Crippen LogP contribution in [-0.2, 0) is 6.54 Å². The van der Waals surface area contributed by atoms with Crippen molar-refractivity contribution in [1.82, 2.24) is 14.0 Å². The highest BCUT2D eigenvalue weighted by Crippen LogP contribution is 2.44. The smallest absolute Gasteiger partial charge is 0.332 e. The average molecular weight is 863 g/mol. The third-order valence-electron chi connectivity index (χ3n) is 12.0. The molecule has 2 aromatic heterocycles. The zero-order chi connectivity index (χ0) is 42.4. The molecular formula is C47H44F2N4O6S2. The molecule has 314 valence electrons. The van der Waals surface area contributed by atoms with Crippen molar-refractivity contribution in [3.8, 4) is 27.7 Å². The molecule has 3 aliphatic rings. The van der Waals surface area contributed by atoms with Crippen LogP contribution in [0.3, 0.4) is 0 Å². The van der Waals surface area contributed by atoms with Gasteiger partial charge in [-0.2, -0.15) is 16.2 Å². The molecule has 9 rings (SSSR count). The van der Waals surface area contributed by atoms with E-state index < -0.39 is 28.9 Å². The number of likely N-dealkylation sites (tertiary alicyclic amines) is 1. The third-order valence-corrected chi connectivity index (χ3v) is 14.3. The van der Waals surface area contributed by atoms with Crippen LogP contribution in [0.5, 0.6) is 17.2 Å². The van der Waals surface area contributed by atoms with Crippen molar-refractivity contribution in [2.75, 3.05) is 45.4 Å². The zero-order valence-corrected chi connectivity index (χ0v) is 35.6. The van der Waals surface area contributed by atoms with E-state index in [0.717, 1.165) is 51.0 Å². The van der Waals surface area contributed by atoms with E-state index in [0.29, 0.717) is 54.1 Å². The summed E-state index contributed by atoms with van der Waals surface area (Å²) in [6.45, 7) is 2.82. The molecule has 5 heterocycles. The second-order valence-electron chi connectivity index (χ2n) is 15.4. The summed E-state index contributed by atoms with van der Waals surface area (Å²) in [5.41, 5.74) is 4.61. The molecule has 4 aromatic carbocycles. The maximum absolute atomic E-state index is 15.3. The van der Waals surface area contributed by atoms with Crippen LogP contribution in [0.4, 0.5) is 8.78 Å². The van der Waals surface area contributed by atoms with Crippen molar-refractivity contribution in [3.63, 3.8) is 0 Å². The van der Waals surface area contributed by atoms with Gasteiger partial charge in [0, 0.05) is 57.9 Å². The summed E-state index contributed by atoms with van der Waals surface area (Å²) < 4.78 is 49.8. The predicted molar refractivity (Wildman–Crippen MR) is 237 cm³/mol. The number of ether oxygens (including phenoxy) is 3. The maximum atomic E-state index is 15.3. The molecule has 0 unspecified atom stereocenters. The number of aliphatic imine (C=N–C) groups is 1. The van der Waals surface area contributed by atoms with Gasteiger partial charge in [-0.15, -0.1) is 11.3 Å². The van der Waals surface area contributed by atoms with Crippen molar-refractivity contribution in [2.24, 2.45) is 4.99 Å². The van der Waals surface area contributed by atoms with Gasteiger partial charge in [0.25, 0.3) is 11.5 Å². The second kappa shape index (κ2) is 17.0. The van der Waals surface area contributed by atoms with E-state index >= 15 is 4.39 Å². The van der Waals surface area contributed by atoms with E-state index in [-0.39, 0.29) is 35.7 Å². The lowest BCUT2D eigenvalue weighted by molar-refractivity contribution is 0.0691. The van der Waals surface area contributed by atoms with Gasteiger partial charge in [0.1, 0.15) is 4.70 Å².